The van der Waals surface area contributed by atoms with E-state index in [1.165, 1.54) is 12.1 Å². The van der Waals surface area contributed by atoms with Crippen LogP contribution in [0.4, 0.5) is 5.88 Å². The molecule has 0 aromatic carbocycles. The monoisotopic (exact) mass is 173 g/mol. The van der Waals surface area contributed by atoms with Crippen molar-refractivity contribution >= 4 is 11.8 Å². The summed E-state index contributed by atoms with van der Waals surface area (Å²) in [7, 11) is 0. The Hall–Kier alpha value is -1.41. The SMILES string of the molecule is NNC(=O)c1ccc([NH+]([O-])O)o1. The van der Waals surface area contributed by atoms with Crippen LogP contribution < -0.4 is 16.5 Å². The predicted octanol–water partition coefficient (Wildman–Crippen LogP) is -1.71. The van der Waals surface area contributed by atoms with Crippen molar-refractivity contribution in [3.63, 3.8) is 0 Å². The standard InChI is InChI=1S/C5H7N3O4/c6-7-5(9)3-1-2-4(12-3)8(10)11/h1-2,8,10H,6H2,(H,7,9). The minimum Gasteiger partial charge on any atom is -0.592 e. The average molecular weight is 173 g/mol. The quantitative estimate of drug-likeness (QED) is 0.241. The first kappa shape index (κ1) is 8.68. The van der Waals surface area contributed by atoms with Crippen molar-refractivity contribution in [1.29, 1.82) is 0 Å². The number of carbonyl (C=O) groups is 1. The number of hydrogen-bond donors (Lipinski definition) is 4. The third kappa shape index (κ3) is 1.60. The summed E-state index contributed by atoms with van der Waals surface area (Å²) < 4.78 is 4.61. The molecule has 0 fully saturated rings. The van der Waals surface area contributed by atoms with Crippen LogP contribution in [0.25, 0.3) is 0 Å². The van der Waals surface area contributed by atoms with Crippen molar-refractivity contribution in [2.24, 2.45) is 5.84 Å². The lowest BCUT2D eigenvalue weighted by molar-refractivity contribution is -0.997. The number of quaternary nitrogens is 1. The van der Waals surface area contributed by atoms with E-state index in [-0.39, 0.29) is 11.6 Å². The summed E-state index contributed by atoms with van der Waals surface area (Å²) in [6.07, 6.45) is 0. The molecule has 1 aromatic heterocycles. The van der Waals surface area contributed by atoms with Crippen molar-refractivity contribution in [1.82, 2.24) is 5.43 Å². The Labute approximate surface area is 66.9 Å². The number of rotatable bonds is 2. The van der Waals surface area contributed by atoms with Gasteiger partial charge in [-0.15, -0.1) is 0 Å². The highest BCUT2D eigenvalue weighted by Gasteiger charge is 2.12. The van der Waals surface area contributed by atoms with E-state index in [4.69, 9.17) is 11.0 Å². The molecule has 1 unspecified atom stereocenters. The molecule has 0 aliphatic carbocycles. The van der Waals surface area contributed by atoms with E-state index < -0.39 is 11.1 Å². The van der Waals surface area contributed by atoms with E-state index in [2.05, 4.69) is 4.42 Å². The normalized spacial score (nSPS) is 12.6. The number of hydrogen-bond acceptors (Lipinski definition) is 5. The summed E-state index contributed by atoms with van der Waals surface area (Å²) in [5.41, 5.74) is 1.81. The van der Waals surface area contributed by atoms with Crippen LogP contribution in [-0.2, 0) is 0 Å². The van der Waals surface area contributed by atoms with Crippen LogP contribution >= 0.6 is 0 Å². The van der Waals surface area contributed by atoms with Gasteiger partial charge in [-0.3, -0.25) is 10.2 Å². The van der Waals surface area contributed by atoms with Crippen molar-refractivity contribution in [3.05, 3.63) is 23.1 Å². The summed E-state index contributed by atoms with van der Waals surface area (Å²) >= 11 is 0. The lowest BCUT2D eigenvalue weighted by Gasteiger charge is -2.05. The molecule has 5 N–H and O–H groups in total. The Morgan fingerprint density at radius 3 is 2.83 bits per heavy atom. The third-order valence-electron chi connectivity index (χ3n) is 1.17. The minimum absolute atomic E-state index is 0.130. The number of furan rings is 1. The van der Waals surface area contributed by atoms with Gasteiger partial charge in [-0.05, 0) is 6.07 Å². The van der Waals surface area contributed by atoms with Gasteiger partial charge in [-0.1, -0.05) is 0 Å². The minimum atomic E-state index is -1.23. The Morgan fingerprint density at radius 1 is 1.75 bits per heavy atom. The molecule has 1 atom stereocenters. The fourth-order valence-electron chi connectivity index (χ4n) is 0.646. The zero-order valence-electron chi connectivity index (χ0n) is 5.90. The summed E-state index contributed by atoms with van der Waals surface area (Å²) in [6, 6.07) is 2.40. The highest BCUT2D eigenvalue weighted by Crippen LogP contribution is 2.07. The molecule has 0 aliphatic heterocycles. The van der Waals surface area contributed by atoms with Gasteiger partial charge in [0.1, 0.15) is 0 Å². The Morgan fingerprint density at radius 2 is 2.42 bits per heavy atom. The Bertz CT molecular complexity index is 282. The van der Waals surface area contributed by atoms with Crippen LogP contribution in [0.5, 0.6) is 0 Å². The molecule has 1 aromatic rings. The maximum Gasteiger partial charge on any atom is 0.329 e. The van der Waals surface area contributed by atoms with E-state index in [1.807, 2.05) is 5.43 Å². The second-order valence-electron chi connectivity index (χ2n) is 1.94. The summed E-state index contributed by atoms with van der Waals surface area (Å²) in [5.74, 6) is 3.69. The molecule has 7 nitrogen and oxygen atoms in total. The van der Waals surface area contributed by atoms with Crippen molar-refractivity contribution in [2.75, 3.05) is 0 Å². The first-order valence-corrected chi connectivity index (χ1v) is 2.99. The molecule has 0 saturated carbocycles. The van der Waals surface area contributed by atoms with Crippen LogP contribution in [0.3, 0.4) is 0 Å². The second kappa shape index (κ2) is 3.32. The lowest BCUT2D eigenvalue weighted by Crippen LogP contribution is -2.99. The predicted molar refractivity (Wildman–Crippen MR) is 36.1 cm³/mol. The molecule has 0 radical (unpaired) electrons. The molecular weight excluding hydrogens is 166 g/mol. The molecule has 1 rings (SSSR count). The molecule has 7 heteroatoms. The molecular formula is C5H7N3O4. The summed E-state index contributed by atoms with van der Waals surface area (Å²) in [4.78, 5) is 10.7. The maximum absolute atomic E-state index is 10.7. The number of nitrogens with one attached hydrogen (secondary N) is 2. The zero-order chi connectivity index (χ0) is 9.14. The van der Waals surface area contributed by atoms with Gasteiger partial charge in [-0.2, -0.15) is 5.23 Å². The van der Waals surface area contributed by atoms with Gasteiger partial charge < -0.3 is 9.62 Å². The molecule has 66 valence electrons. The fourth-order valence-corrected chi connectivity index (χ4v) is 0.646. The number of nitrogens with two attached hydrogens (primary N) is 1. The van der Waals surface area contributed by atoms with Crippen molar-refractivity contribution < 1.29 is 19.6 Å². The first-order valence-electron chi connectivity index (χ1n) is 2.99. The summed E-state index contributed by atoms with van der Waals surface area (Å²) in [5, 5.41) is 17.4. The highest BCUT2D eigenvalue weighted by atomic mass is 16.8. The zero-order valence-corrected chi connectivity index (χ0v) is 5.90. The smallest absolute Gasteiger partial charge is 0.329 e. The van der Waals surface area contributed by atoms with Crippen LogP contribution in [-0.4, -0.2) is 11.1 Å². The highest BCUT2D eigenvalue weighted by molar-refractivity contribution is 5.91. The van der Waals surface area contributed by atoms with Gasteiger partial charge in [-0.25, -0.2) is 11.0 Å². The van der Waals surface area contributed by atoms with Gasteiger partial charge in [0.15, 0.2) is 5.76 Å². The average Bonchev–Trinajstić information content (AvgIpc) is 2.51. The molecule has 0 bridgehead atoms. The van der Waals surface area contributed by atoms with Crippen LogP contribution in [0.1, 0.15) is 10.6 Å². The molecule has 0 aliphatic rings. The summed E-state index contributed by atoms with van der Waals surface area (Å²) in [6.45, 7) is 0. The van der Waals surface area contributed by atoms with Crippen LogP contribution in [0.15, 0.2) is 16.5 Å². The second-order valence-corrected chi connectivity index (χ2v) is 1.94. The molecule has 1 heterocycles. The largest absolute Gasteiger partial charge is 0.592 e. The van der Waals surface area contributed by atoms with Crippen LogP contribution in [0, 0.1) is 5.21 Å². The molecule has 1 amide bonds. The number of amides is 1. The van der Waals surface area contributed by atoms with E-state index >= 15 is 0 Å². The van der Waals surface area contributed by atoms with Gasteiger partial charge >= 0.3 is 11.8 Å². The van der Waals surface area contributed by atoms with E-state index in [9.17, 15) is 10.0 Å². The van der Waals surface area contributed by atoms with Crippen molar-refractivity contribution in [3.8, 4) is 0 Å². The van der Waals surface area contributed by atoms with Gasteiger partial charge in [0.2, 0.25) is 0 Å². The van der Waals surface area contributed by atoms with E-state index in [1.54, 1.807) is 0 Å². The molecule has 0 spiro atoms. The lowest BCUT2D eigenvalue weighted by atomic mass is 10.4. The molecule has 12 heavy (non-hydrogen) atoms. The van der Waals surface area contributed by atoms with E-state index in [0.717, 1.165) is 0 Å². The number of hydrazine groups is 1. The van der Waals surface area contributed by atoms with Gasteiger partial charge in [0.25, 0.3) is 0 Å². The maximum atomic E-state index is 10.7. The topological polar surface area (TPSA) is 116 Å². The van der Waals surface area contributed by atoms with E-state index in [0.29, 0.717) is 0 Å². The number of nitrogen functional groups attached to an aromatic ring is 1. The Balaban J connectivity index is 2.84. The number of carbonyl (C=O) groups excluding carboxylic acids is 1. The fraction of sp³-hybridized carbons (Fsp3) is 0. The Kier molecular flexibility index (Phi) is 2.41. The van der Waals surface area contributed by atoms with Crippen LogP contribution in [0.2, 0.25) is 0 Å². The third-order valence-corrected chi connectivity index (χ3v) is 1.17. The molecule has 0 saturated heterocycles. The van der Waals surface area contributed by atoms with Crippen molar-refractivity contribution in [2.45, 2.75) is 0 Å². The van der Waals surface area contributed by atoms with Gasteiger partial charge in [0.05, 0.1) is 0 Å². The first-order chi connectivity index (χ1) is 5.65. The van der Waals surface area contributed by atoms with Gasteiger partial charge in [0, 0.05) is 6.07 Å².